The molecule has 0 saturated heterocycles. The van der Waals surface area contributed by atoms with Gasteiger partial charge in [0.05, 0.1) is 4.90 Å². The maximum absolute atomic E-state index is 12.7. The Hall–Kier alpha value is -4.06. The molecule has 39 heavy (non-hydrogen) atoms. The molecule has 0 unspecified atom stereocenters. The summed E-state index contributed by atoms with van der Waals surface area (Å²) in [5, 5.41) is 16.3. The van der Waals surface area contributed by atoms with E-state index in [2.05, 4.69) is 20.2 Å². The molecule has 0 spiro atoms. The average molecular weight is 569 g/mol. The van der Waals surface area contributed by atoms with Crippen LogP contribution in [-0.2, 0) is 27.8 Å². The number of hydrogen-bond donors (Lipinski definition) is 3. The summed E-state index contributed by atoms with van der Waals surface area (Å²) in [4.78, 5) is 28.8. The van der Waals surface area contributed by atoms with E-state index in [0.717, 1.165) is 0 Å². The molecule has 3 N–H and O–H groups in total. The van der Waals surface area contributed by atoms with Crippen molar-refractivity contribution in [1.29, 1.82) is 0 Å². The van der Waals surface area contributed by atoms with E-state index in [1.165, 1.54) is 24.3 Å². The molecule has 0 saturated carbocycles. The normalized spacial score (nSPS) is 12.2. The minimum atomic E-state index is -3.79. The highest BCUT2D eigenvalue weighted by Crippen LogP contribution is 2.20. The molecule has 0 radical (unpaired) electrons. The molecular weight excluding hydrogens is 544 g/mol. The molecular formula is C27H25ClN4O6S. The first-order valence-electron chi connectivity index (χ1n) is 11.8. The number of benzene rings is 3. The van der Waals surface area contributed by atoms with Crippen LogP contribution in [-0.4, -0.2) is 41.6 Å². The number of aromatic nitrogens is 2. The standard InChI is InChI=1S/C27H25ClN4O6S/c1-16-11-22(28)14-23(12-16)39(36,37)29-15-19-5-7-20(8-6-19)25(33)31-24(27(34)35)13-18-3-9-21(10-4-18)26-30-17(2)32-38-26/h3-12,14,24,29H,13,15H2,1-2H3,(H,31,33)(H,34,35)/t24-/m0/s1. The SMILES string of the molecule is Cc1cc(Cl)cc(S(=O)(=O)NCc2ccc(C(=O)N[C@@H](Cc3ccc(-c4nc(C)no4)cc3)C(=O)O)cc2)c1. The third-order valence-corrected chi connectivity index (χ3v) is 7.38. The number of aryl methyl sites for hydroxylation is 2. The van der Waals surface area contributed by atoms with Gasteiger partial charge in [-0.15, -0.1) is 0 Å². The van der Waals surface area contributed by atoms with Crippen molar-refractivity contribution in [2.45, 2.75) is 37.8 Å². The van der Waals surface area contributed by atoms with Crippen LogP contribution >= 0.6 is 11.6 Å². The molecule has 12 heteroatoms. The third kappa shape index (κ3) is 7.29. The smallest absolute Gasteiger partial charge is 0.326 e. The molecule has 1 amide bonds. The quantitative estimate of drug-likeness (QED) is 0.260. The molecule has 4 aromatic rings. The van der Waals surface area contributed by atoms with Gasteiger partial charge in [0.2, 0.25) is 10.0 Å². The van der Waals surface area contributed by atoms with E-state index < -0.39 is 27.9 Å². The van der Waals surface area contributed by atoms with E-state index in [1.807, 2.05) is 0 Å². The summed E-state index contributed by atoms with van der Waals surface area (Å²) in [6.07, 6.45) is 0.0626. The van der Waals surface area contributed by atoms with E-state index in [4.69, 9.17) is 16.1 Å². The highest BCUT2D eigenvalue weighted by Gasteiger charge is 2.22. The maximum Gasteiger partial charge on any atom is 0.326 e. The minimum Gasteiger partial charge on any atom is -0.480 e. The summed E-state index contributed by atoms with van der Waals surface area (Å²) in [6.45, 7) is 3.45. The Morgan fingerprint density at radius 2 is 1.67 bits per heavy atom. The molecule has 1 aromatic heterocycles. The zero-order valence-corrected chi connectivity index (χ0v) is 22.6. The number of aliphatic carboxylic acids is 1. The number of carboxylic acids is 1. The minimum absolute atomic E-state index is 0.00725. The Kier molecular flexibility index (Phi) is 8.44. The van der Waals surface area contributed by atoms with E-state index in [0.29, 0.717) is 39.0 Å². The van der Waals surface area contributed by atoms with E-state index in [-0.39, 0.29) is 23.4 Å². The summed E-state index contributed by atoms with van der Waals surface area (Å²) >= 11 is 5.98. The summed E-state index contributed by atoms with van der Waals surface area (Å²) in [5.41, 5.74) is 2.95. The second-order valence-electron chi connectivity index (χ2n) is 8.90. The zero-order valence-electron chi connectivity index (χ0n) is 21.0. The highest BCUT2D eigenvalue weighted by atomic mass is 35.5. The average Bonchev–Trinajstić information content (AvgIpc) is 3.33. The van der Waals surface area contributed by atoms with Gasteiger partial charge >= 0.3 is 5.97 Å². The van der Waals surface area contributed by atoms with Crippen molar-refractivity contribution in [3.8, 4) is 11.5 Å². The van der Waals surface area contributed by atoms with Gasteiger partial charge in [0, 0.05) is 29.1 Å². The molecule has 0 aliphatic carbocycles. The number of carbonyl (C=O) groups is 2. The Labute approximate surface area is 230 Å². The van der Waals surface area contributed by atoms with Crippen LogP contribution in [0.1, 0.15) is 32.9 Å². The molecule has 3 aromatic carbocycles. The monoisotopic (exact) mass is 568 g/mol. The lowest BCUT2D eigenvalue weighted by molar-refractivity contribution is -0.139. The van der Waals surface area contributed by atoms with Crippen LogP contribution < -0.4 is 10.0 Å². The molecule has 1 atom stereocenters. The molecule has 0 aliphatic heterocycles. The van der Waals surface area contributed by atoms with Crippen LogP contribution in [0.3, 0.4) is 0 Å². The first-order chi connectivity index (χ1) is 18.5. The van der Waals surface area contributed by atoms with Crippen molar-refractivity contribution in [3.05, 3.63) is 99.8 Å². The van der Waals surface area contributed by atoms with Gasteiger partial charge in [0.25, 0.3) is 11.8 Å². The van der Waals surface area contributed by atoms with Crippen LogP contribution in [0.25, 0.3) is 11.5 Å². The second kappa shape index (κ2) is 11.8. The van der Waals surface area contributed by atoms with Crippen molar-refractivity contribution < 1.29 is 27.6 Å². The Bertz CT molecular complexity index is 1580. The number of nitrogens with one attached hydrogen (secondary N) is 2. The summed E-state index contributed by atoms with van der Waals surface area (Å²) in [7, 11) is -3.79. The van der Waals surface area contributed by atoms with Gasteiger partial charge in [-0.1, -0.05) is 41.0 Å². The van der Waals surface area contributed by atoms with E-state index in [9.17, 15) is 23.1 Å². The fraction of sp³-hybridized carbons (Fsp3) is 0.185. The van der Waals surface area contributed by atoms with Crippen molar-refractivity contribution in [2.75, 3.05) is 0 Å². The maximum atomic E-state index is 12.7. The van der Waals surface area contributed by atoms with Crippen molar-refractivity contribution in [2.24, 2.45) is 0 Å². The molecule has 0 bridgehead atoms. The third-order valence-electron chi connectivity index (χ3n) is 5.78. The number of sulfonamides is 1. The number of amides is 1. The zero-order chi connectivity index (χ0) is 28.2. The fourth-order valence-electron chi connectivity index (χ4n) is 3.77. The van der Waals surface area contributed by atoms with Gasteiger partial charge in [0.1, 0.15) is 6.04 Å². The number of carboxylic acid groups (broad SMARTS) is 1. The highest BCUT2D eigenvalue weighted by molar-refractivity contribution is 7.89. The van der Waals surface area contributed by atoms with Crippen LogP contribution in [0.2, 0.25) is 5.02 Å². The van der Waals surface area contributed by atoms with Crippen molar-refractivity contribution in [3.63, 3.8) is 0 Å². The molecule has 4 rings (SSSR count). The van der Waals surface area contributed by atoms with Crippen LogP contribution in [0.15, 0.2) is 76.1 Å². The predicted molar refractivity (Wildman–Crippen MR) is 144 cm³/mol. The summed E-state index contributed by atoms with van der Waals surface area (Å²) in [5.74, 6) is -0.883. The molecule has 202 valence electrons. The Balaban J connectivity index is 1.36. The first kappa shape index (κ1) is 28.0. The summed E-state index contributed by atoms with van der Waals surface area (Å²) in [6, 6.07) is 16.5. The molecule has 10 nitrogen and oxygen atoms in total. The number of halogens is 1. The topological polar surface area (TPSA) is 151 Å². The van der Waals surface area contributed by atoms with Gasteiger partial charge in [-0.3, -0.25) is 4.79 Å². The Morgan fingerprint density at radius 1 is 1.00 bits per heavy atom. The first-order valence-corrected chi connectivity index (χ1v) is 13.7. The number of nitrogens with zero attached hydrogens (tertiary/aromatic N) is 2. The van der Waals surface area contributed by atoms with Gasteiger partial charge in [-0.05, 0) is 73.0 Å². The van der Waals surface area contributed by atoms with Gasteiger partial charge in [-0.2, -0.15) is 4.98 Å². The van der Waals surface area contributed by atoms with Crippen LogP contribution in [0.5, 0.6) is 0 Å². The number of hydrogen-bond acceptors (Lipinski definition) is 7. The lowest BCUT2D eigenvalue weighted by Gasteiger charge is -2.15. The van der Waals surface area contributed by atoms with Crippen LogP contribution in [0, 0.1) is 13.8 Å². The van der Waals surface area contributed by atoms with E-state index >= 15 is 0 Å². The molecule has 0 fully saturated rings. The number of carbonyl (C=O) groups excluding carboxylic acids is 1. The predicted octanol–water partition coefficient (Wildman–Crippen LogP) is 3.91. The second-order valence-corrected chi connectivity index (χ2v) is 11.1. The Morgan fingerprint density at radius 3 is 2.26 bits per heavy atom. The lowest BCUT2D eigenvalue weighted by atomic mass is 10.0. The van der Waals surface area contributed by atoms with Crippen molar-refractivity contribution in [1.82, 2.24) is 20.2 Å². The number of rotatable bonds is 10. The van der Waals surface area contributed by atoms with Crippen LogP contribution in [0.4, 0.5) is 0 Å². The van der Waals surface area contributed by atoms with Gasteiger partial charge < -0.3 is 14.9 Å². The van der Waals surface area contributed by atoms with Gasteiger partial charge in [-0.25, -0.2) is 17.9 Å². The molecule has 1 heterocycles. The molecule has 0 aliphatic rings. The summed E-state index contributed by atoms with van der Waals surface area (Å²) < 4.78 is 32.9. The largest absolute Gasteiger partial charge is 0.480 e. The van der Waals surface area contributed by atoms with Crippen molar-refractivity contribution >= 4 is 33.5 Å². The lowest BCUT2D eigenvalue weighted by Crippen LogP contribution is -2.42. The van der Waals surface area contributed by atoms with E-state index in [1.54, 1.807) is 56.3 Å². The fourth-order valence-corrected chi connectivity index (χ4v) is 5.27. The van der Waals surface area contributed by atoms with Gasteiger partial charge in [0.15, 0.2) is 5.82 Å².